The van der Waals surface area contributed by atoms with Crippen molar-refractivity contribution in [1.82, 2.24) is 10.2 Å². The smallest absolute Gasteiger partial charge is 0.223 e. The number of amides is 1. The molecule has 1 aromatic carbocycles. The predicted octanol–water partition coefficient (Wildman–Crippen LogP) is 2.57. The summed E-state index contributed by atoms with van der Waals surface area (Å²) in [6.07, 6.45) is 2.69. The number of rotatable bonds is 5. The first-order valence-electron chi connectivity index (χ1n) is 8.24. The Balaban J connectivity index is 0.00000208. The van der Waals surface area contributed by atoms with Gasteiger partial charge in [-0.3, -0.25) is 4.79 Å². The minimum absolute atomic E-state index is 0. The third kappa shape index (κ3) is 4.94. The SMILES string of the molecule is CNC1CCN(C(=O)CCSc2ccc3c(c2)OCCO3)CC1.Cl. The lowest BCUT2D eigenvalue weighted by atomic mass is 10.1. The molecule has 0 aromatic heterocycles. The van der Waals surface area contributed by atoms with Crippen LogP contribution < -0.4 is 14.8 Å². The fraction of sp³-hybridized carbons (Fsp3) is 0.588. The molecule has 5 nitrogen and oxygen atoms in total. The number of fused-ring (bicyclic) bond motifs is 1. The maximum Gasteiger partial charge on any atom is 0.223 e. The number of benzene rings is 1. The summed E-state index contributed by atoms with van der Waals surface area (Å²) in [6.45, 7) is 2.96. The van der Waals surface area contributed by atoms with E-state index in [0.717, 1.165) is 48.1 Å². The molecule has 2 heterocycles. The fourth-order valence-corrected chi connectivity index (χ4v) is 3.81. The first-order valence-corrected chi connectivity index (χ1v) is 9.22. The number of piperidine rings is 1. The molecule has 1 saturated heterocycles. The number of halogens is 1. The number of carbonyl (C=O) groups excluding carboxylic acids is 1. The molecule has 24 heavy (non-hydrogen) atoms. The molecule has 1 N–H and O–H groups in total. The van der Waals surface area contributed by atoms with Gasteiger partial charge in [0, 0.05) is 36.2 Å². The first kappa shape index (κ1) is 19.2. The van der Waals surface area contributed by atoms with E-state index in [1.807, 2.05) is 30.1 Å². The van der Waals surface area contributed by atoms with Crippen LogP contribution in [0.4, 0.5) is 0 Å². The molecule has 1 amide bonds. The molecule has 0 bridgehead atoms. The summed E-state index contributed by atoms with van der Waals surface area (Å²) < 4.78 is 11.1. The molecule has 0 unspecified atom stereocenters. The number of carbonyl (C=O) groups is 1. The number of thioether (sulfide) groups is 1. The van der Waals surface area contributed by atoms with Gasteiger partial charge in [-0.15, -0.1) is 24.2 Å². The Bertz CT molecular complexity index is 551. The lowest BCUT2D eigenvalue weighted by Crippen LogP contribution is -2.44. The van der Waals surface area contributed by atoms with Crippen LogP contribution in [0.5, 0.6) is 11.5 Å². The highest BCUT2D eigenvalue weighted by Gasteiger charge is 2.21. The lowest BCUT2D eigenvalue weighted by Gasteiger charge is -2.31. The highest BCUT2D eigenvalue weighted by atomic mass is 35.5. The Kier molecular flexibility index (Phi) is 7.52. The van der Waals surface area contributed by atoms with Crippen molar-refractivity contribution in [2.45, 2.75) is 30.2 Å². The van der Waals surface area contributed by atoms with Crippen LogP contribution in [0.2, 0.25) is 0 Å². The third-order valence-corrected chi connectivity index (χ3v) is 5.35. The summed E-state index contributed by atoms with van der Waals surface area (Å²) in [4.78, 5) is 15.4. The summed E-state index contributed by atoms with van der Waals surface area (Å²) in [5, 5.41) is 3.29. The van der Waals surface area contributed by atoms with Gasteiger partial charge in [-0.2, -0.15) is 0 Å². The summed E-state index contributed by atoms with van der Waals surface area (Å²) in [6, 6.07) is 6.54. The Hall–Kier alpha value is -1.11. The molecule has 0 radical (unpaired) electrons. The summed E-state index contributed by atoms with van der Waals surface area (Å²) in [7, 11) is 1.99. The molecule has 134 valence electrons. The summed E-state index contributed by atoms with van der Waals surface area (Å²) in [5.74, 6) is 2.68. The van der Waals surface area contributed by atoms with Crippen molar-refractivity contribution in [3.05, 3.63) is 18.2 Å². The molecule has 3 rings (SSSR count). The van der Waals surface area contributed by atoms with Gasteiger partial charge in [0.2, 0.25) is 5.91 Å². The van der Waals surface area contributed by atoms with Gasteiger partial charge >= 0.3 is 0 Å². The number of hydrogen-bond acceptors (Lipinski definition) is 5. The summed E-state index contributed by atoms with van der Waals surface area (Å²) in [5.41, 5.74) is 0. The largest absolute Gasteiger partial charge is 0.486 e. The van der Waals surface area contributed by atoms with Gasteiger partial charge in [-0.1, -0.05) is 0 Å². The van der Waals surface area contributed by atoms with E-state index in [1.54, 1.807) is 11.8 Å². The minimum Gasteiger partial charge on any atom is -0.486 e. The van der Waals surface area contributed by atoms with Gasteiger partial charge < -0.3 is 19.7 Å². The van der Waals surface area contributed by atoms with E-state index in [1.165, 1.54) is 0 Å². The van der Waals surface area contributed by atoms with E-state index in [9.17, 15) is 4.79 Å². The minimum atomic E-state index is 0. The van der Waals surface area contributed by atoms with E-state index in [2.05, 4.69) is 5.32 Å². The van der Waals surface area contributed by atoms with Gasteiger partial charge in [0.05, 0.1) is 0 Å². The van der Waals surface area contributed by atoms with Crippen LogP contribution in [0.25, 0.3) is 0 Å². The van der Waals surface area contributed by atoms with Crippen LogP contribution in [0.3, 0.4) is 0 Å². The quantitative estimate of drug-likeness (QED) is 0.805. The fourth-order valence-electron chi connectivity index (χ4n) is 2.95. The highest BCUT2D eigenvalue weighted by molar-refractivity contribution is 7.99. The Morgan fingerprint density at radius 1 is 1.25 bits per heavy atom. The Labute approximate surface area is 153 Å². The van der Waals surface area contributed by atoms with E-state index in [0.29, 0.717) is 25.7 Å². The van der Waals surface area contributed by atoms with Crippen molar-refractivity contribution >= 4 is 30.1 Å². The molecular weight excluding hydrogens is 348 g/mol. The zero-order chi connectivity index (χ0) is 16.1. The summed E-state index contributed by atoms with van der Waals surface area (Å²) >= 11 is 1.70. The molecule has 7 heteroatoms. The topological polar surface area (TPSA) is 50.8 Å². The average Bonchev–Trinajstić information content (AvgIpc) is 2.61. The second kappa shape index (κ2) is 9.39. The highest BCUT2D eigenvalue weighted by Crippen LogP contribution is 2.34. The molecule has 2 aliphatic heterocycles. The second-order valence-electron chi connectivity index (χ2n) is 5.85. The first-order chi connectivity index (χ1) is 11.3. The average molecular weight is 373 g/mol. The van der Waals surface area contributed by atoms with Crippen LogP contribution in [-0.4, -0.2) is 56.0 Å². The number of ether oxygens (including phenoxy) is 2. The van der Waals surface area contributed by atoms with Gasteiger partial charge in [0.25, 0.3) is 0 Å². The van der Waals surface area contributed by atoms with Crippen molar-refractivity contribution in [2.75, 3.05) is 39.1 Å². The molecule has 1 fully saturated rings. The van der Waals surface area contributed by atoms with E-state index >= 15 is 0 Å². The normalized spacial score (nSPS) is 17.3. The van der Waals surface area contributed by atoms with Crippen molar-refractivity contribution in [1.29, 1.82) is 0 Å². The van der Waals surface area contributed by atoms with Gasteiger partial charge in [0.15, 0.2) is 11.5 Å². The molecule has 0 spiro atoms. The number of hydrogen-bond donors (Lipinski definition) is 1. The molecule has 2 aliphatic rings. The Morgan fingerprint density at radius 3 is 2.67 bits per heavy atom. The molecule has 0 atom stereocenters. The van der Waals surface area contributed by atoms with Crippen LogP contribution in [0, 0.1) is 0 Å². The lowest BCUT2D eigenvalue weighted by molar-refractivity contribution is -0.131. The van der Waals surface area contributed by atoms with Crippen molar-refractivity contribution in [3.8, 4) is 11.5 Å². The van der Waals surface area contributed by atoms with E-state index < -0.39 is 0 Å². The van der Waals surface area contributed by atoms with Crippen LogP contribution in [0.15, 0.2) is 23.1 Å². The van der Waals surface area contributed by atoms with Gasteiger partial charge in [0.1, 0.15) is 13.2 Å². The van der Waals surface area contributed by atoms with Crippen molar-refractivity contribution < 1.29 is 14.3 Å². The maximum atomic E-state index is 12.3. The van der Waals surface area contributed by atoms with Crippen molar-refractivity contribution in [2.24, 2.45) is 0 Å². The molecule has 0 saturated carbocycles. The third-order valence-electron chi connectivity index (χ3n) is 4.35. The number of nitrogens with one attached hydrogen (secondary N) is 1. The van der Waals surface area contributed by atoms with Crippen molar-refractivity contribution in [3.63, 3.8) is 0 Å². The standard InChI is InChI=1S/C17H24N2O3S.ClH/c1-18-13-4-7-19(8-5-13)17(20)6-11-23-14-2-3-15-16(12-14)22-10-9-21-15;/h2-3,12-13,18H,4-11H2,1H3;1H. The second-order valence-corrected chi connectivity index (χ2v) is 7.02. The van der Waals surface area contributed by atoms with E-state index in [-0.39, 0.29) is 18.3 Å². The molecule has 0 aliphatic carbocycles. The molecular formula is C17H25ClN2O3S. The van der Waals surface area contributed by atoms with Crippen LogP contribution in [-0.2, 0) is 4.79 Å². The zero-order valence-corrected chi connectivity index (χ0v) is 15.6. The van der Waals surface area contributed by atoms with Crippen LogP contribution in [0.1, 0.15) is 19.3 Å². The monoisotopic (exact) mass is 372 g/mol. The predicted molar refractivity (Wildman–Crippen MR) is 98.7 cm³/mol. The molecule has 1 aromatic rings. The zero-order valence-electron chi connectivity index (χ0n) is 14.0. The number of likely N-dealkylation sites (tertiary alicyclic amines) is 1. The number of nitrogens with zero attached hydrogens (tertiary/aromatic N) is 1. The Morgan fingerprint density at radius 2 is 1.96 bits per heavy atom. The van der Waals surface area contributed by atoms with Crippen LogP contribution >= 0.6 is 24.2 Å². The van der Waals surface area contributed by atoms with Gasteiger partial charge in [-0.25, -0.2) is 0 Å². The maximum absolute atomic E-state index is 12.3. The van der Waals surface area contributed by atoms with Gasteiger partial charge in [-0.05, 0) is 38.1 Å². The van der Waals surface area contributed by atoms with E-state index in [4.69, 9.17) is 9.47 Å².